The number of thioether (sulfide) groups is 1. The van der Waals surface area contributed by atoms with Crippen LogP contribution in [0, 0.1) is 5.92 Å². The Morgan fingerprint density at radius 3 is 1.36 bits per heavy atom. The van der Waals surface area contributed by atoms with Crippen LogP contribution in [0.4, 0.5) is 0 Å². The highest BCUT2D eigenvalue weighted by molar-refractivity contribution is 7.98. The van der Waals surface area contributed by atoms with Crippen molar-refractivity contribution in [2.24, 2.45) is 11.7 Å². The minimum absolute atomic E-state index is 0.0840. The van der Waals surface area contributed by atoms with Gasteiger partial charge in [-0.3, -0.25) is 86.3 Å². The lowest BCUT2D eigenvalue weighted by atomic mass is 10.0. The Morgan fingerprint density at radius 1 is 0.519 bits per heavy atom. The van der Waals surface area contributed by atoms with Crippen LogP contribution in [0.25, 0.3) is 0 Å². The summed E-state index contributed by atoms with van der Waals surface area (Å²) >= 11 is 1.25. The van der Waals surface area contributed by atoms with Gasteiger partial charge in [0.05, 0.1) is 18.8 Å². The van der Waals surface area contributed by atoms with E-state index in [9.17, 15) is 112 Å². The van der Waals surface area contributed by atoms with E-state index >= 15 is 0 Å². The smallest absolute Gasteiger partial charge is 0.303 e. The van der Waals surface area contributed by atoms with Gasteiger partial charge in [-0.15, -0.1) is 0 Å². The van der Waals surface area contributed by atoms with Crippen molar-refractivity contribution in [3.05, 3.63) is 0 Å². The number of nitrogens with zero attached hydrogens (tertiary/aromatic N) is 1. The summed E-state index contributed by atoms with van der Waals surface area (Å²) in [6.07, 6.45) is -4.48. The number of hydrogen-bond acceptors (Lipinski definition) is 22. The molecule has 0 saturated carbocycles. The van der Waals surface area contributed by atoms with E-state index in [0.29, 0.717) is 19.4 Å². The fraction of sp³-hybridized carbons (Fsp3) is 0.719. The number of carbonyl (C=O) groups is 18. The monoisotopic (exact) mass is 1500 g/mol. The molecule has 1 saturated heterocycles. The maximum absolute atomic E-state index is 14.1. The van der Waals surface area contributed by atoms with E-state index in [0.717, 1.165) is 0 Å². The number of nitrogens with two attached hydrogens (primary N) is 1. The lowest BCUT2D eigenvalue weighted by Gasteiger charge is -2.27. The standard InChI is InChI=1S/C64H106N14O25S/c1-9-103-64(5,6)26-25-46(79)70-38(15-20-49(82)83)57(95)73-40(17-22-51(86)87)59(97)75-42(19-24-53(90)91)61(99)76-41(18-23-52(88)89)60(98)74-39(16-21-50(84)85)58(96)72-37(13-10-11-27-65)55(93)67-28-30-102-33-48(81)78-29-12-14-45(78)63(101)77-43(31-35(2)3)56(94)68-32-47(80)71-44(34-104-8)62(100)69-36(4)54(92)66-7/h35-45H,9-34,65H2,1-8H3,(H,66,92)(H,67,93)(H,68,94)(H,69,100)(H,70,79)(H,71,80)(H,72,96)(H,73,95)(H,74,98)(H,75,97)(H,76,99)(H,77,101)(H,82,83)(H,84,85)(H,86,87)(H,88,89)(H,90,91)/t36-,37+,38+,39+,40+,41+,42+,43-,44-,45-/m0/s1. The van der Waals surface area contributed by atoms with Crippen LogP contribution in [0.5, 0.6) is 0 Å². The number of likely N-dealkylation sites (N-methyl/N-ethyl adjacent to an activating group) is 1. The molecule has 1 heterocycles. The Bertz CT molecular complexity index is 2960. The molecule has 10 atom stereocenters. The van der Waals surface area contributed by atoms with Gasteiger partial charge in [0.1, 0.15) is 67.0 Å². The van der Waals surface area contributed by atoms with E-state index < -0.39 is 250 Å². The lowest BCUT2D eigenvalue weighted by molar-refractivity contribution is -0.142. The van der Waals surface area contributed by atoms with Gasteiger partial charge in [-0.2, -0.15) is 11.8 Å². The first-order chi connectivity index (χ1) is 48.9. The molecule has 19 N–H and O–H groups in total. The molecule has 1 rings (SSSR count). The second-order valence-corrected chi connectivity index (χ2v) is 26.4. The highest BCUT2D eigenvalue weighted by Gasteiger charge is 2.38. The van der Waals surface area contributed by atoms with Gasteiger partial charge in [0.15, 0.2) is 0 Å². The van der Waals surface area contributed by atoms with Crippen molar-refractivity contribution >= 4 is 118 Å². The molecule has 0 spiro atoms. The third-order valence-electron chi connectivity index (χ3n) is 15.9. The largest absolute Gasteiger partial charge is 0.481 e. The van der Waals surface area contributed by atoms with Gasteiger partial charge in [0.2, 0.25) is 76.8 Å². The van der Waals surface area contributed by atoms with Gasteiger partial charge in [0.25, 0.3) is 0 Å². The number of nitrogens with one attached hydrogen (secondary N) is 12. The Morgan fingerprint density at radius 2 is 0.942 bits per heavy atom. The van der Waals surface area contributed by atoms with Gasteiger partial charge in [-0.05, 0) is 123 Å². The highest BCUT2D eigenvalue weighted by Crippen LogP contribution is 2.20. The van der Waals surface area contributed by atoms with Crippen molar-refractivity contribution in [1.82, 2.24) is 68.7 Å². The second-order valence-electron chi connectivity index (χ2n) is 25.5. The van der Waals surface area contributed by atoms with Crippen LogP contribution < -0.4 is 69.5 Å². The topological polar surface area (TPSA) is 600 Å². The second kappa shape index (κ2) is 49.4. The number of unbranched alkanes of at least 4 members (excludes halogenated alkanes) is 1. The van der Waals surface area contributed by atoms with Crippen LogP contribution in [0.1, 0.15) is 157 Å². The fourth-order valence-corrected chi connectivity index (χ4v) is 10.9. The number of aliphatic carboxylic acids is 5. The van der Waals surface area contributed by atoms with E-state index in [1.807, 2.05) is 0 Å². The molecular weight excluding hydrogens is 1400 g/mol. The van der Waals surface area contributed by atoms with E-state index in [2.05, 4.69) is 63.8 Å². The zero-order valence-electron chi connectivity index (χ0n) is 60.1. The Hall–Kier alpha value is -9.31. The van der Waals surface area contributed by atoms with Crippen molar-refractivity contribution in [3.63, 3.8) is 0 Å². The average Bonchev–Trinajstić information content (AvgIpc) is 1.58. The molecule has 588 valence electrons. The number of likely N-dealkylation sites (tertiary alicyclic amines) is 1. The number of carbonyl (C=O) groups excluding carboxylic acids is 13. The van der Waals surface area contributed by atoms with Crippen molar-refractivity contribution in [2.45, 2.75) is 223 Å². The van der Waals surface area contributed by atoms with Crippen LogP contribution in [-0.4, -0.2) is 268 Å². The first-order valence-corrected chi connectivity index (χ1v) is 35.6. The molecule has 40 heteroatoms. The molecule has 0 aromatic carbocycles. The minimum Gasteiger partial charge on any atom is -0.481 e. The van der Waals surface area contributed by atoms with E-state index in [4.69, 9.17) is 15.2 Å². The molecule has 0 unspecified atom stereocenters. The van der Waals surface area contributed by atoms with Gasteiger partial charge in [-0.1, -0.05) is 13.8 Å². The number of amides is 13. The zero-order chi connectivity index (χ0) is 78.8. The van der Waals surface area contributed by atoms with E-state index in [1.54, 1.807) is 40.9 Å². The quantitative estimate of drug-likeness (QED) is 0.0257. The number of hydrogen-bond donors (Lipinski definition) is 18. The Labute approximate surface area is 606 Å². The van der Waals surface area contributed by atoms with Crippen molar-refractivity contribution < 1.29 is 121 Å². The van der Waals surface area contributed by atoms with Crippen LogP contribution in [0.2, 0.25) is 0 Å². The molecule has 0 bridgehead atoms. The maximum Gasteiger partial charge on any atom is 0.303 e. The molecule has 0 aromatic rings. The first kappa shape index (κ1) is 92.7. The van der Waals surface area contributed by atoms with Crippen molar-refractivity contribution in [2.75, 3.05) is 65.1 Å². The summed E-state index contributed by atoms with van der Waals surface area (Å²) in [4.78, 5) is 235. The summed E-state index contributed by atoms with van der Waals surface area (Å²) < 4.78 is 11.2. The first-order valence-electron chi connectivity index (χ1n) is 34.2. The van der Waals surface area contributed by atoms with E-state index in [-0.39, 0.29) is 76.4 Å². The van der Waals surface area contributed by atoms with Crippen LogP contribution in [0.3, 0.4) is 0 Å². The molecule has 104 heavy (non-hydrogen) atoms. The third-order valence-corrected chi connectivity index (χ3v) is 16.5. The minimum atomic E-state index is -1.96. The van der Waals surface area contributed by atoms with Crippen LogP contribution in [0.15, 0.2) is 0 Å². The SMILES string of the molecule is CCOC(C)(C)CCC(=O)N[C@H](CCC(=O)O)C(=O)N[C@H](CCC(=O)O)C(=O)N[C@H](CCC(=O)O)C(=O)N[C@H](CCC(=O)O)C(=O)N[C@H](CCC(=O)O)C(=O)N[C@H](CCCCN)C(=O)NCCOCC(=O)N1CCC[C@H]1C(=O)N[C@@H](CC(C)C)C(=O)NCC(=O)N[C@@H](CSC)C(=O)N[C@@H](C)C(=O)NC. The summed E-state index contributed by atoms with van der Waals surface area (Å²) in [5, 5.41) is 76.7. The van der Waals surface area contributed by atoms with Crippen LogP contribution in [-0.2, 0) is 95.8 Å². The number of carboxylic acid groups (broad SMARTS) is 5. The summed E-state index contributed by atoms with van der Waals surface area (Å²) in [6, 6.07) is -14.8. The van der Waals surface area contributed by atoms with Gasteiger partial charge in [0, 0.05) is 71.0 Å². The normalized spacial score (nSPS) is 15.2. The molecule has 0 aliphatic carbocycles. The molecule has 13 amide bonds. The maximum atomic E-state index is 14.1. The number of rotatable bonds is 54. The number of ether oxygens (including phenoxy) is 2. The molecule has 39 nitrogen and oxygen atoms in total. The fourth-order valence-electron chi connectivity index (χ4n) is 10.4. The van der Waals surface area contributed by atoms with E-state index in [1.165, 1.54) is 30.6 Å². The predicted molar refractivity (Wildman–Crippen MR) is 369 cm³/mol. The van der Waals surface area contributed by atoms with Crippen molar-refractivity contribution in [3.8, 4) is 0 Å². The summed E-state index contributed by atoms with van der Waals surface area (Å²) in [6.45, 7) is 9.08. The molecule has 0 aromatic heterocycles. The molecule has 1 aliphatic heterocycles. The van der Waals surface area contributed by atoms with Gasteiger partial charge >= 0.3 is 29.8 Å². The Kier molecular flexibility index (Phi) is 44.0. The summed E-state index contributed by atoms with van der Waals surface area (Å²) in [5.41, 5.74) is 4.92. The predicted octanol–water partition coefficient (Wildman–Crippen LogP) is -4.19. The van der Waals surface area contributed by atoms with Gasteiger partial charge < -0.3 is 109 Å². The molecule has 1 aliphatic rings. The molecule has 1 fully saturated rings. The highest BCUT2D eigenvalue weighted by atomic mass is 32.2. The molecular formula is C64H106N14O25S. The third kappa shape index (κ3) is 38.3. The van der Waals surface area contributed by atoms with Crippen LogP contribution >= 0.6 is 11.8 Å². The van der Waals surface area contributed by atoms with Crippen molar-refractivity contribution in [1.29, 1.82) is 0 Å². The number of carboxylic acids is 5. The summed E-state index contributed by atoms with van der Waals surface area (Å²) in [7, 11) is 1.40. The molecule has 0 radical (unpaired) electrons. The zero-order valence-corrected chi connectivity index (χ0v) is 60.9. The average molecular weight is 1500 g/mol. The van der Waals surface area contributed by atoms with Gasteiger partial charge in [-0.25, -0.2) is 0 Å². The summed E-state index contributed by atoms with van der Waals surface area (Å²) in [5.74, 6) is -19.0. The lowest BCUT2D eigenvalue weighted by Crippen LogP contribution is -2.60. The Balaban J connectivity index is 3.32.